The molecule has 1 N–H and O–H groups in total. The molecule has 1 aliphatic carbocycles. The van der Waals surface area contributed by atoms with Crippen LogP contribution in [-0.2, 0) is 10.8 Å². The highest BCUT2D eigenvalue weighted by Crippen LogP contribution is 2.55. The van der Waals surface area contributed by atoms with Gasteiger partial charge in [-0.3, -0.25) is 0 Å². The van der Waals surface area contributed by atoms with Crippen LogP contribution in [0.5, 0.6) is 5.75 Å². The summed E-state index contributed by atoms with van der Waals surface area (Å²) in [5.41, 5.74) is 15.4. The van der Waals surface area contributed by atoms with Crippen LogP contribution >= 0.6 is 0 Å². The molecule has 2 aliphatic rings. The van der Waals surface area contributed by atoms with Crippen LogP contribution < -0.4 is 0 Å². The lowest BCUT2D eigenvalue weighted by molar-refractivity contribution is 0.473. The third-order valence-electron chi connectivity index (χ3n) is 11.2. The normalized spacial score (nSPS) is 16.9. The quantitative estimate of drug-likeness (QED) is 0.210. The average molecular weight is 616 g/mol. The molecule has 0 fully saturated rings. The van der Waals surface area contributed by atoms with Crippen molar-refractivity contribution in [3.8, 4) is 33.7 Å². The number of nitrogens with zero attached hydrogens (tertiary/aromatic N) is 1. The predicted molar refractivity (Wildman–Crippen MR) is 197 cm³/mol. The summed E-state index contributed by atoms with van der Waals surface area (Å²) in [5.74, 6) is 0.318. The van der Waals surface area contributed by atoms with Gasteiger partial charge in [0.15, 0.2) is 0 Å². The van der Waals surface area contributed by atoms with E-state index in [1.54, 1.807) is 6.07 Å². The van der Waals surface area contributed by atoms with Crippen molar-refractivity contribution in [2.75, 3.05) is 0 Å². The van der Waals surface area contributed by atoms with Gasteiger partial charge in [-0.15, -0.1) is 0 Å². The van der Waals surface area contributed by atoms with E-state index in [1.165, 1.54) is 83.1 Å². The number of phenols is 1. The Morgan fingerprint density at radius 2 is 1.10 bits per heavy atom. The van der Waals surface area contributed by atoms with E-state index in [2.05, 4.69) is 164 Å². The number of benzene rings is 7. The first kappa shape index (κ1) is 27.3. The van der Waals surface area contributed by atoms with Gasteiger partial charge < -0.3 is 9.67 Å². The third-order valence-corrected chi connectivity index (χ3v) is 11.2. The first-order valence-electron chi connectivity index (χ1n) is 16.8. The van der Waals surface area contributed by atoms with Crippen molar-refractivity contribution in [3.63, 3.8) is 0 Å². The maximum absolute atomic E-state index is 10.3. The molecular weight excluding hydrogens is 583 g/mol. The zero-order valence-corrected chi connectivity index (χ0v) is 26.9. The Morgan fingerprint density at radius 3 is 1.94 bits per heavy atom. The lowest BCUT2D eigenvalue weighted by Gasteiger charge is -2.41. The summed E-state index contributed by atoms with van der Waals surface area (Å²) in [5, 5.41) is 12.8. The van der Waals surface area contributed by atoms with E-state index in [-0.39, 0.29) is 5.41 Å². The van der Waals surface area contributed by atoms with Crippen LogP contribution in [0, 0.1) is 0 Å². The molecule has 1 aliphatic heterocycles. The predicted octanol–water partition coefficient (Wildman–Crippen LogP) is 11.2. The minimum absolute atomic E-state index is 0.195. The Kier molecular flexibility index (Phi) is 5.45. The topological polar surface area (TPSA) is 25.2 Å². The standard InChI is InChI=1S/C46H33NO/c1-45(2)40-27-30(21-25-34(40)35-26-24-33(48)28-41(35)45)29-19-22-32(23-20-29)46(31-11-4-3-5-12-31)38-15-7-9-18-43(38)47-42-17-8-6-13-36(42)37-14-10-16-39(46)44(37)47/h3-28,48H,1-2H3. The van der Waals surface area contributed by atoms with Gasteiger partial charge >= 0.3 is 0 Å². The van der Waals surface area contributed by atoms with Gasteiger partial charge in [-0.1, -0.05) is 141 Å². The summed E-state index contributed by atoms with van der Waals surface area (Å²) in [6.45, 7) is 4.52. The lowest BCUT2D eigenvalue weighted by Crippen LogP contribution is -2.35. The van der Waals surface area contributed by atoms with Gasteiger partial charge in [-0.05, 0) is 86.0 Å². The highest BCUT2D eigenvalue weighted by Gasteiger charge is 2.45. The fourth-order valence-corrected chi connectivity index (χ4v) is 9.00. The molecular formula is C46H33NO. The van der Waals surface area contributed by atoms with Crippen LogP contribution in [-0.4, -0.2) is 9.67 Å². The maximum Gasteiger partial charge on any atom is 0.115 e. The number of hydrogen-bond donors (Lipinski definition) is 1. The molecule has 228 valence electrons. The van der Waals surface area contributed by atoms with Crippen LogP contribution in [0.15, 0.2) is 158 Å². The van der Waals surface area contributed by atoms with Gasteiger partial charge in [-0.25, -0.2) is 0 Å². The van der Waals surface area contributed by atoms with Crippen LogP contribution in [0.2, 0.25) is 0 Å². The molecule has 10 rings (SSSR count). The Labute approximate surface area is 280 Å². The number of aromatic hydroxyl groups is 1. The van der Waals surface area contributed by atoms with E-state index < -0.39 is 5.41 Å². The van der Waals surface area contributed by atoms with Gasteiger partial charge in [-0.2, -0.15) is 0 Å². The first-order valence-corrected chi connectivity index (χ1v) is 16.8. The summed E-state index contributed by atoms with van der Waals surface area (Å²) < 4.78 is 2.48. The SMILES string of the molecule is CC1(C)c2cc(O)ccc2-c2ccc(-c3ccc(C4(c5ccccc5)c5ccccc5-n5c6ccccc6c6cccc4c65)cc3)cc21. The van der Waals surface area contributed by atoms with E-state index in [4.69, 9.17) is 0 Å². The van der Waals surface area contributed by atoms with Crippen molar-refractivity contribution in [3.05, 3.63) is 191 Å². The van der Waals surface area contributed by atoms with Gasteiger partial charge in [0, 0.05) is 16.2 Å². The molecule has 2 heteroatoms. The molecule has 0 bridgehead atoms. The zero-order valence-electron chi connectivity index (χ0n) is 26.9. The number of fused-ring (bicyclic) bond motifs is 8. The number of para-hydroxylation sites is 3. The largest absolute Gasteiger partial charge is 0.508 e. The highest BCUT2D eigenvalue weighted by molar-refractivity contribution is 6.12. The number of hydrogen-bond acceptors (Lipinski definition) is 1. The molecule has 1 atom stereocenters. The minimum Gasteiger partial charge on any atom is -0.508 e. The van der Waals surface area contributed by atoms with E-state index >= 15 is 0 Å². The monoisotopic (exact) mass is 615 g/mol. The van der Waals surface area contributed by atoms with Crippen molar-refractivity contribution in [1.82, 2.24) is 4.57 Å². The van der Waals surface area contributed by atoms with E-state index in [0.29, 0.717) is 5.75 Å². The Morgan fingerprint density at radius 1 is 0.479 bits per heavy atom. The molecule has 0 radical (unpaired) electrons. The second-order valence-corrected chi connectivity index (χ2v) is 13.9. The molecule has 1 unspecified atom stereocenters. The Balaban J connectivity index is 1.20. The summed E-state index contributed by atoms with van der Waals surface area (Å²) in [6.07, 6.45) is 0. The fraction of sp³-hybridized carbons (Fsp3) is 0.0870. The van der Waals surface area contributed by atoms with Crippen LogP contribution in [0.4, 0.5) is 0 Å². The third kappa shape index (κ3) is 3.42. The Bertz CT molecular complexity index is 2590. The van der Waals surface area contributed by atoms with Gasteiger partial charge in [0.1, 0.15) is 5.75 Å². The van der Waals surface area contributed by atoms with Gasteiger partial charge in [0.05, 0.1) is 22.1 Å². The molecule has 0 saturated heterocycles. The number of phenolic OH excluding ortho intramolecular Hbond substituents is 1. The molecule has 1 aromatic heterocycles. The second kappa shape index (κ2) is 9.59. The molecule has 2 nitrogen and oxygen atoms in total. The number of rotatable bonds is 3. The average Bonchev–Trinajstić information content (AvgIpc) is 3.58. The second-order valence-electron chi connectivity index (χ2n) is 13.9. The van der Waals surface area contributed by atoms with E-state index in [9.17, 15) is 5.11 Å². The van der Waals surface area contributed by atoms with Crippen molar-refractivity contribution >= 4 is 21.8 Å². The number of aromatic nitrogens is 1. The van der Waals surface area contributed by atoms with E-state index in [0.717, 1.165) is 0 Å². The molecule has 7 aromatic carbocycles. The summed E-state index contributed by atoms with van der Waals surface area (Å²) in [6, 6.07) is 57.6. The fourth-order valence-electron chi connectivity index (χ4n) is 9.00. The molecule has 48 heavy (non-hydrogen) atoms. The maximum atomic E-state index is 10.3. The molecule has 8 aromatic rings. The molecule has 0 spiro atoms. The summed E-state index contributed by atoms with van der Waals surface area (Å²) in [7, 11) is 0. The van der Waals surface area contributed by atoms with Crippen molar-refractivity contribution in [2.45, 2.75) is 24.7 Å². The minimum atomic E-state index is -0.510. The highest BCUT2D eigenvalue weighted by atomic mass is 16.3. The van der Waals surface area contributed by atoms with Gasteiger partial charge in [0.2, 0.25) is 0 Å². The smallest absolute Gasteiger partial charge is 0.115 e. The summed E-state index contributed by atoms with van der Waals surface area (Å²) >= 11 is 0. The Hall–Kier alpha value is -5.86. The van der Waals surface area contributed by atoms with Crippen molar-refractivity contribution in [2.24, 2.45) is 0 Å². The van der Waals surface area contributed by atoms with Crippen LogP contribution in [0.1, 0.15) is 47.2 Å². The van der Waals surface area contributed by atoms with E-state index in [1.807, 2.05) is 6.07 Å². The zero-order chi connectivity index (χ0) is 32.2. The van der Waals surface area contributed by atoms with Crippen LogP contribution in [0.3, 0.4) is 0 Å². The molecule has 0 amide bonds. The van der Waals surface area contributed by atoms with Crippen molar-refractivity contribution in [1.29, 1.82) is 0 Å². The summed E-state index contributed by atoms with van der Waals surface area (Å²) in [4.78, 5) is 0. The van der Waals surface area contributed by atoms with Crippen molar-refractivity contribution < 1.29 is 5.11 Å². The van der Waals surface area contributed by atoms with Crippen LogP contribution in [0.25, 0.3) is 49.7 Å². The van der Waals surface area contributed by atoms with Gasteiger partial charge in [0.25, 0.3) is 0 Å². The first-order chi connectivity index (χ1) is 23.5. The molecule has 2 heterocycles. The lowest BCUT2D eigenvalue weighted by atomic mass is 9.63. The molecule has 0 saturated carbocycles.